The van der Waals surface area contributed by atoms with E-state index in [4.69, 9.17) is 4.74 Å². The first kappa shape index (κ1) is 17.2. The lowest BCUT2D eigenvalue weighted by atomic mass is 10.0. The molecule has 3 rings (SSSR count). The van der Waals surface area contributed by atoms with E-state index in [0.29, 0.717) is 11.3 Å². The van der Waals surface area contributed by atoms with Gasteiger partial charge in [0.1, 0.15) is 18.5 Å². The Hall–Kier alpha value is -1.58. The molecule has 1 amide bonds. The van der Waals surface area contributed by atoms with E-state index >= 15 is 0 Å². The Bertz CT molecular complexity index is 780. The summed E-state index contributed by atoms with van der Waals surface area (Å²) < 4.78 is 46.0. The zero-order valence-corrected chi connectivity index (χ0v) is 14.5. The van der Waals surface area contributed by atoms with Gasteiger partial charge in [0.05, 0.1) is 18.5 Å². The Morgan fingerprint density at radius 2 is 2.25 bits per heavy atom. The van der Waals surface area contributed by atoms with Crippen LogP contribution in [0.15, 0.2) is 29.7 Å². The van der Waals surface area contributed by atoms with E-state index in [2.05, 4.69) is 4.18 Å². The maximum absolute atomic E-state index is 14.4. The number of halogens is 1. The van der Waals surface area contributed by atoms with E-state index in [9.17, 15) is 17.6 Å². The van der Waals surface area contributed by atoms with Gasteiger partial charge in [-0.3, -0.25) is 9.08 Å². The van der Waals surface area contributed by atoms with Gasteiger partial charge in [-0.2, -0.15) is 8.42 Å². The number of anilines is 1. The van der Waals surface area contributed by atoms with Gasteiger partial charge in [-0.15, -0.1) is 11.8 Å². The molecule has 2 heterocycles. The van der Waals surface area contributed by atoms with Crippen molar-refractivity contribution in [1.29, 1.82) is 0 Å². The van der Waals surface area contributed by atoms with Crippen LogP contribution in [0.3, 0.4) is 0 Å². The fraction of sp³-hybridized carbons (Fsp3) is 0.400. The average Bonchev–Trinajstić information content (AvgIpc) is 3.14. The average molecular weight is 373 g/mol. The first-order chi connectivity index (χ1) is 11.3. The van der Waals surface area contributed by atoms with E-state index in [-0.39, 0.29) is 24.9 Å². The third-order valence-corrected chi connectivity index (χ3v) is 5.19. The van der Waals surface area contributed by atoms with Crippen LogP contribution in [0.4, 0.5) is 14.9 Å². The molecular formula is C15H16FNO5S2. The number of cyclic esters (lactones) is 1. The topological polar surface area (TPSA) is 72.9 Å². The summed E-state index contributed by atoms with van der Waals surface area (Å²) >= 11 is 1.63. The molecule has 2 aliphatic rings. The van der Waals surface area contributed by atoms with Gasteiger partial charge in [-0.05, 0) is 23.1 Å². The molecule has 1 saturated heterocycles. The number of benzene rings is 1. The number of allylic oxidation sites excluding steroid dienone is 1. The van der Waals surface area contributed by atoms with E-state index in [1.807, 2.05) is 11.5 Å². The number of amides is 1. The number of ether oxygens (including phenoxy) is 1. The molecule has 9 heteroatoms. The van der Waals surface area contributed by atoms with Crippen molar-refractivity contribution in [3.05, 3.63) is 41.1 Å². The van der Waals surface area contributed by atoms with Gasteiger partial charge < -0.3 is 4.74 Å². The van der Waals surface area contributed by atoms with Gasteiger partial charge in [-0.25, -0.2) is 9.18 Å². The van der Waals surface area contributed by atoms with Gasteiger partial charge in [0, 0.05) is 11.7 Å². The maximum atomic E-state index is 14.4. The Labute approximate surface area is 143 Å². The molecule has 0 bridgehead atoms. The van der Waals surface area contributed by atoms with Crippen LogP contribution in [-0.4, -0.2) is 45.8 Å². The van der Waals surface area contributed by atoms with E-state index < -0.39 is 22.3 Å². The van der Waals surface area contributed by atoms with Crippen LogP contribution in [0.25, 0.3) is 0 Å². The molecule has 6 nitrogen and oxygen atoms in total. The van der Waals surface area contributed by atoms with E-state index in [1.54, 1.807) is 23.9 Å². The lowest BCUT2D eigenvalue weighted by molar-refractivity contribution is 0.107. The summed E-state index contributed by atoms with van der Waals surface area (Å²) in [6.07, 6.45) is 1.50. The molecular weight excluding hydrogens is 357 g/mol. The molecule has 0 aliphatic carbocycles. The summed E-state index contributed by atoms with van der Waals surface area (Å²) in [5.74, 6) is 0.450. The van der Waals surface area contributed by atoms with Gasteiger partial charge in [0.25, 0.3) is 10.1 Å². The van der Waals surface area contributed by atoms with Crippen molar-refractivity contribution in [2.45, 2.75) is 12.0 Å². The van der Waals surface area contributed by atoms with Crippen LogP contribution >= 0.6 is 11.8 Å². The van der Waals surface area contributed by atoms with Gasteiger partial charge in [0.2, 0.25) is 0 Å². The van der Waals surface area contributed by atoms with Crippen molar-refractivity contribution in [2.24, 2.45) is 0 Å². The predicted octanol–water partition coefficient (Wildman–Crippen LogP) is 2.47. The number of hydrogen-bond donors (Lipinski definition) is 0. The highest BCUT2D eigenvalue weighted by molar-refractivity contribution is 8.02. The quantitative estimate of drug-likeness (QED) is 0.739. The lowest BCUT2D eigenvalue weighted by Crippen LogP contribution is -2.26. The van der Waals surface area contributed by atoms with Crippen LogP contribution in [0.1, 0.15) is 11.5 Å². The van der Waals surface area contributed by atoms with Crippen molar-refractivity contribution in [2.75, 3.05) is 30.1 Å². The maximum Gasteiger partial charge on any atom is 0.414 e. The molecule has 0 aromatic heterocycles. The van der Waals surface area contributed by atoms with Crippen LogP contribution in [0, 0.1) is 5.82 Å². The molecule has 24 heavy (non-hydrogen) atoms. The third kappa shape index (κ3) is 3.90. The standard InChI is InChI=1S/C15H16FNO5S2/c1-24(19,20)21-8-12-7-17(15(18)22-12)11-2-3-13(14(16)6-11)10-4-5-23-9-10/h2-6,10,12H,7-9H2,1H3/t10?,12-/m1/s1. The molecule has 1 fully saturated rings. The molecule has 0 radical (unpaired) electrons. The fourth-order valence-electron chi connectivity index (χ4n) is 2.56. The number of carbonyl (C=O) groups excluding carboxylic acids is 1. The van der Waals surface area contributed by atoms with Crippen LogP contribution in [-0.2, 0) is 19.0 Å². The molecule has 2 aliphatic heterocycles. The molecule has 1 aromatic rings. The number of hydrogen-bond acceptors (Lipinski definition) is 6. The molecule has 0 spiro atoms. The predicted molar refractivity (Wildman–Crippen MR) is 89.1 cm³/mol. The Balaban J connectivity index is 1.71. The minimum Gasteiger partial charge on any atom is -0.441 e. The zero-order chi connectivity index (χ0) is 17.3. The number of rotatable bonds is 5. The Kier molecular flexibility index (Phi) is 4.84. The smallest absolute Gasteiger partial charge is 0.414 e. The van der Waals surface area contributed by atoms with Crippen molar-refractivity contribution in [3.63, 3.8) is 0 Å². The summed E-state index contributed by atoms with van der Waals surface area (Å²) in [6, 6.07) is 4.63. The van der Waals surface area contributed by atoms with Crippen LogP contribution in [0.5, 0.6) is 0 Å². The molecule has 1 aromatic carbocycles. The summed E-state index contributed by atoms with van der Waals surface area (Å²) in [7, 11) is -3.61. The normalized spacial score (nSPS) is 23.8. The van der Waals surface area contributed by atoms with Crippen LogP contribution < -0.4 is 4.90 Å². The minimum absolute atomic E-state index is 0.0329. The zero-order valence-electron chi connectivity index (χ0n) is 12.8. The van der Waals surface area contributed by atoms with Crippen molar-refractivity contribution in [1.82, 2.24) is 0 Å². The van der Waals surface area contributed by atoms with Gasteiger partial charge >= 0.3 is 6.09 Å². The van der Waals surface area contributed by atoms with Crippen molar-refractivity contribution >= 4 is 33.7 Å². The third-order valence-electron chi connectivity index (χ3n) is 3.72. The highest BCUT2D eigenvalue weighted by atomic mass is 32.2. The Morgan fingerprint density at radius 1 is 1.46 bits per heavy atom. The van der Waals surface area contributed by atoms with E-state index in [1.165, 1.54) is 11.0 Å². The summed E-state index contributed by atoms with van der Waals surface area (Å²) in [5.41, 5.74) is 0.960. The second kappa shape index (κ2) is 6.73. The highest BCUT2D eigenvalue weighted by Crippen LogP contribution is 2.33. The monoisotopic (exact) mass is 373 g/mol. The molecule has 0 N–H and O–H groups in total. The SMILES string of the molecule is CS(=O)(=O)OC[C@H]1CN(c2ccc(C3C=CSC3)c(F)c2)C(=O)O1. The van der Waals surface area contributed by atoms with E-state index in [0.717, 1.165) is 12.0 Å². The fourth-order valence-corrected chi connectivity index (χ4v) is 3.87. The molecule has 2 atom stereocenters. The second-order valence-corrected chi connectivity index (χ2v) is 8.16. The largest absolute Gasteiger partial charge is 0.441 e. The summed E-state index contributed by atoms with van der Waals surface area (Å²) in [4.78, 5) is 13.2. The highest BCUT2D eigenvalue weighted by Gasteiger charge is 2.33. The first-order valence-corrected chi connectivity index (χ1v) is 10.1. The molecule has 0 saturated carbocycles. The number of nitrogens with zero attached hydrogens (tertiary/aromatic N) is 1. The summed E-state index contributed by atoms with van der Waals surface area (Å²) in [5, 5.41) is 1.95. The minimum atomic E-state index is -3.61. The second-order valence-electron chi connectivity index (χ2n) is 5.58. The van der Waals surface area contributed by atoms with Gasteiger partial charge in [-0.1, -0.05) is 12.1 Å². The molecule has 130 valence electrons. The van der Waals surface area contributed by atoms with Crippen molar-refractivity contribution < 1.29 is 26.5 Å². The first-order valence-electron chi connectivity index (χ1n) is 7.24. The Morgan fingerprint density at radius 3 is 2.88 bits per heavy atom. The lowest BCUT2D eigenvalue weighted by Gasteiger charge is -2.16. The molecule has 1 unspecified atom stereocenters. The summed E-state index contributed by atoms with van der Waals surface area (Å²) in [6.45, 7) is -0.155. The number of thioether (sulfide) groups is 1. The number of carbonyl (C=O) groups is 1. The van der Waals surface area contributed by atoms with Gasteiger partial charge in [0.15, 0.2) is 0 Å². The van der Waals surface area contributed by atoms with Crippen LogP contribution in [0.2, 0.25) is 0 Å². The van der Waals surface area contributed by atoms with Crippen molar-refractivity contribution in [3.8, 4) is 0 Å².